The van der Waals surface area contributed by atoms with E-state index < -0.39 is 11.6 Å². The second-order valence-corrected chi connectivity index (χ2v) is 11.0. The number of benzene rings is 3. The number of nitrogens with one attached hydrogen (secondary N) is 1. The minimum atomic E-state index is -0.708. The third-order valence-electron chi connectivity index (χ3n) is 6.79. The Labute approximate surface area is 238 Å². The Bertz CT molecular complexity index is 1250. The summed E-state index contributed by atoms with van der Waals surface area (Å²) in [6, 6.07) is 23.5. The molecular weight excluding hydrogens is 502 g/mol. The molecule has 0 aromatic heterocycles. The molecule has 40 heavy (non-hydrogen) atoms. The van der Waals surface area contributed by atoms with Crippen molar-refractivity contribution in [3.05, 3.63) is 96.1 Å². The van der Waals surface area contributed by atoms with Gasteiger partial charge in [-0.1, -0.05) is 78.9 Å². The zero-order valence-electron chi connectivity index (χ0n) is 23.9. The summed E-state index contributed by atoms with van der Waals surface area (Å²) in [7, 11) is 1.66. The van der Waals surface area contributed by atoms with Crippen LogP contribution < -0.4 is 11.1 Å². The number of likely N-dealkylation sites (N-methyl/N-ethyl adjacent to an activating group) is 1. The van der Waals surface area contributed by atoms with E-state index in [9.17, 15) is 9.59 Å². The predicted molar refractivity (Wildman–Crippen MR) is 161 cm³/mol. The van der Waals surface area contributed by atoms with E-state index in [1.807, 2.05) is 74.5 Å². The van der Waals surface area contributed by atoms with E-state index in [0.717, 1.165) is 21.9 Å². The molecular formula is C33H43N3O4. The number of aliphatic hydroxyl groups is 1. The second kappa shape index (κ2) is 15.3. The van der Waals surface area contributed by atoms with Gasteiger partial charge in [-0.05, 0) is 54.7 Å². The molecule has 2 amide bonds. The summed E-state index contributed by atoms with van der Waals surface area (Å²) in [4.78, 5) is 28.3. The van der Waals surface area contributed by atoms with Gasteiger partial charge in [0.25, 0.3) is 0 Å². The average molecular weight is 546 g/mol. The SMILES string of the molecule is CN(C(=O)C=CCC(C)(C)N)[C@H](Cc1ccc2ccccc2c1)C(=O)NC[C@H](COCCO)Cc1ccccc1. The maximum Gasteiger partial charge on any atom is 0.246 e. The van der Waals surface area contributed by atoms with Crippen LogP contribution in [0, 0.1) is 5.92 Å². The lowest BCUT2D eigenvalue weighted by Gasteiger charge is -2.28. The van der Waals surface area contributed by atoms with Crippen molar-refractivity contribution in [2.75, 3.05) is 33.4 Å². The molecule has 3 aromatic carbocycles. The molecule has 3 rings (SSSR count). The van der Waals surface area contributed by atoms with Crippen LogP contribution in [0.3, 0.4) is 0 Å². The topological polar surface area (TPSA) is 105 Å². The first kappa shape index (κ1) is 31.0. The van der Waals surface area contributed by atoms with Gasteiger partial charge in [-0.15, -0.1) is 0 Å². The van der Waals surface area contributed by atoms with E-state index in [0.29, 0.717) is 32.4 Å². The molecule has 2 atom stereocenters. The highest BCUT2D eigenvalue weighted by Gasteiger charge is 2.27. The largest absolute Gasteiger partial charge is 0.394 e. The molecule has 0 heterocycles. The Balaban J connectivity index is 1.77. The third-order valence-corrected chi connectivity index (χ3v) is 6.79. The van der Waals surface area contributed by atoms with Crippen LogP contribution in [-0.2, 0) is 27.2 Å². The average Bonchev–Trinajstić information content (AvgIpc) is 2.93. The molecule has 0 aliphatic carbocycles. The van der Waals surface area contributed by atoms with Crippen molar-refractivity contribution in [2.45, 2.75) is 44.7 Å². The molecule has 0 bridgehead atoms. The fraction of sp³-hybridized carbons (Fsp3) is 0.394. The monoisotopic (exact) mass is 545 g/mol. The zero-order chi connectivity index (χ0) is 29.0. The lowest BCUT2D eigenvalue weighted by atomic mass is 9.98. The van der Waals surface area contributed by atoms with Gasteiger partial charge in [0.1, 0.15) is 6.04 Å². The first-order valence-electron chi connectivity index (χ1n) is 13.9. The van der Waals surface area contributed by atoms with E-state index in [-0.39, 0.29) is 30.9 Å². The molecule has 0 saturated carbocycles. The van der Waals surface area contributed by atoms with Crippen molar-refractivity contribution in [1.29, 1.82) is 0 Å². The Kier molecular flexibility index (Phi) is 11.9. The molecule has 0 spiro atoms. The number of hydrogen-bond acceptors (Lipinski definition) is 5. The first-order valence-corrected chi connectivity index (χ1v) is 13.9. The fourth-order valence-electron chi connectivity index (χ4n) is 4.54. The van der Waals surface area contributed by atoms with E-state index in [4.69, 9.17) is 15.6 Å². The third kappa shape index (κ3) is 10.2. The Morgan fingerprint density at radius 1 is 1.00 bits per heavy atom. The van der Waals surface area contributed by atoms with E-state index in [2.05, 4.69) is 17.4 Å². The van der Waals surface area contributed by atoms with Gasteiger partial charge in [-0.25, -0.2) is 0 Å². The molecule has 0 saturated heterocycles. The minimum absolute atomic E-state index is 0.00640. The number of hydrogen-bond donors (Lipinski definition) is 3. The molecule has 0 aliphatic rings. The summed E-state index contributed by atoms with van der Waals surface area (Å²) in [6.07, 6.45) is 4.89. The molecule has 0 fully saturated rings. The van der Waals surface area contributed by atoms with E-state index in [1.165, 1.54) is 11.0 Å². The van der Waals surface area contributed by atoms with Crippen LogP contribution in [0.25, 0.3) is 10.8 Å². The Morgan fingerprint density at radius 2 is 1.70 bits per heavy atom. The van der Waals surface area contributed by atoms with Crippen molar-refractivity contribution in [1.82, 2.24) is 10.2 Å². The number of rotatable bonds is 15. The van der Waals surface area contributed by atoms with Gasteiger partial charge in [-0.2, -0.15) is 0 Å². The van der Waals surface area contributed by atoms with Crippen LogP contribution in [0.5, 0.6) is 0 Å². The van der Waals surface area contributed by atoms with Crippen LogP contribution in [0.1, 0.15) is 31.4 Å². The number of aliphatic hydroxyl groups excluding tert-OH is 1. The van der Waals surface area contributed by atoms with Crippen LogP contribution in [-0.4, -0.2) is 66.8 Å². The van der Waals surface area contributed by atoms with Gasteiger partial charge >= 0.3 is 0 Å². The van der Waals surface area contributed by atoms with Gasteiger partial charge in [0.2, 0.25) is 11.8 Å². The van der Waals surface area contributed by atoms with Crippen LogP contribution in [0.15, 0.2) is 84.9 Å². The lowest BCUT2D eigenvalue weighted by molar-refractivity contribution is -0.135. The minimum Gasteiger partial charge on any atom is -0.394 e. The van der Waals surface area contributed by atoms with Gasteiger partial charge < -0.3 is 25.8 Å². The predicted octanol–water partition coefficient (Wildman–Crippen LogP) is 3.88. The van der Waals surface area contributed by atoms with Gasteiger partial charge in [-0.3, -0.25) is 9.59 Å². The van der Waals surface area contributed by atoms with Crippen molar-refractivity contribution >= 4 is 22.6 Å². The molecule has 214 valence electrons. The number of ether oxygens (including phenoxy) is 1. The molecule has 4 N–H and O–H groups in total. The van der Waals surface area contributed by atoms with E-state index in [1.54, 1.807) is 13.1 Å². The number of nitrogens with two attached hydrogens (primary N) is 1. The molecule has 0 aliphatic heterocycles. The second-order valence-electron chi connectivity index (χ2n) is 11.0. The molecule has 0 unspecified atom stereocenters. The highest BCUT2D eigenvalue weighted by molar-refractivity contribution is 5.93. The molecule has 7 nitrogen and oxygen atoms in total. The summed E-state index contributed by atoms with van der Waals surface area (Å²) in [6.45, 7) is 4.77. The Morgan fingerprint density at radius 3 is 2.40 bits per heavy atom. The number of carbonyl (C=O) groups is 2. The number of carbonyl (C=O) groups excluding carboxylic acids is 2. The fourth-order valence-corrected chi connectivity index (χ4v) is 4.54. The quantitative estimate of drug-likeness (QED) is 0.199. The number of amides is 2. The highest BCUT2D eigenvalue weighted by atomic mass is 16.5. The first-order chi connectivity index (χ1) is 19.2. The summed E-state index contributed by atoms with van der Waals surface area (Å²) in [5.41, 5.74) is 7.74. The van der Waals surface area contributed by atoms with E-state index >= 15 is 0 Å². The number of nitrogens with zero attached hydrogens (tertiary/aromatic N) is 1. The normalized spacial score (nSPS) is 13.3. The summed E-state index contributed by atoms with van der Waals surface area (Å²) in [5, 5.41) is 14.4. The smallest absolute Gasteiger partial charge is 0.246 e. The molecule has 0 radical (unpaired) electrons. The van der Waals surface area contributed by atoms with Gasteiger partial charge in [0.05, 0.1) is 19.8 Å². The maximum atomic E-state index is 13.6. The highest BCUT2D eigenvalue weighted by Crippen LogP contribution is 2.18. The molecule has 7 heteroatoms. The van der Waals surface area contributed by atoms with Crippen molar-refractivity contribution < 1.29 is 19.4 Å². The zero-order valence-corrected chi connectivity index (χ0v) is 23.9. The summed E-state index contributed by atoms with van der Waals surface area (Å²) >= 11 is 0. The standard InChI is InChI=1S/C33H43N3O4/c1-33(2,34)17-9-14-31(38)36(3)30(22-26-15-16-28-12-7-8-13-29(28)21-26)32(39)35-23-27(24-40-19-18-37)20-25-10-5-4-6-11-25/h4-16,21,27,30,37H,17-20,22-24,34H2,1-3H3,(H,35,39)/t27-,30-/m1/s1. The lowest BCUT2D eigenvalue weighted by Crippen LogP contribution is -2.49. The van der Waals surface area contributed by atoms with Crippen molar-refractivity contribution in [3.63, 3.8) is 0 Å². The van der Waals surface area contributed by atoms with Crippen LogP contribution in [0.4, 0.5) is 0 Å². The van der Waals surface area contributed by atoms with Crippen LogP contribution >= 0.6 is 0 Å². The maximum absolute atomic E-state index is 13.6. The van der Waals surface area contributed by atoms with Crippen molar-refractivity contribution in [3.8, 4) is 0 Å². The van der Waals surface area contributed by atoms with Crippen LogP contribution in [0.2, 0.25) is 0 Å². The Hall–Kier alpha value is -3.52. The van der Waals surface area contributed by atoms with Gasteiger partial charge in [0.15, 0.2) is 0 Å². The van der Waals surface area contributed by atoms with Crippen molar-refractivity contribution in [2.24, 2.45) is 11.7 Å². The number of fused-ring (bicyclic) bond motifs is 1. The molecule has 3 aromatic rings. The van der Waals surface area contributed by atoms with Gasteiger partial charge in [0, 0.05) is 31.5 Å². The summed E-state index contributed by atoms with van der Waals surface area (Å²) < 4.78 is 5.62. The summed E-state index contributed by atoms with van der Waals surface area (Å²) in [5.74, 6) is -0.471.